The molecule has 0 aromatic heterocycles. The van der Waals surface area contributed by atoms with Crippen LogP contribution in [0, 0.1) is 5.92 Å². The van der Waals surface area contributed by atoms with Crippen molar-refractivity contribution in [1.82, 2.24) is 5.32 Å². The summed E-state index contributed by atoms with van der Waals surface area (Å²) < 4.78 is 0. The molecule has 2 nitrogen and oxygen atoms in total. The van der Waals surface area contributed by atoms with Crippen molar-refractivity contribution in [3.8, 4) is 0 Å². The van der Waals surface area contributed by atoms with Gasteiger partial charge < -0.3 is 5.32 Å². The van der Waals surface area contributed by atoms with Gasteiger partial charge in [0.15, 0.2) is 0 Å². The van der Waals surface area contributed by atoms with Gasteiger partial charge in [-0.05, 0) is 24.5 Å². The normalized spacial score (nSPS) is 29.3. The van der Waals surface area contributed by atoms with Crippen molar-refractivity contribution in [3.05, 3.63) is 0 Å². The fraction of sp³-hybridized carbons (Fsp3) is 0.875. The smallest absolute Gasteiger partial charge is 0.221 e. The number of nitrogens with one attached hydrogen (secondary N) is 1. The van der Waals surface area contributed by atoms with Crippen LogP contribution in [0.3, 0.4) is 0 Å². The average molecular weight is 173 g/mol. The lowest BCUT2D eigenvalue weighted by atomic mass is 9.82. The molecule has 64 valence electrons. The second kappa shape index (κ2) is 4.00. The third-order valence-electron chi connectivity index (χ3n) is 2.08. The Morgan fingerprint density at radius 3 is 2.73 bits per heavy atom. The van der Waals surface area contributed by atoms with Gasteiger partial charge in [0.1, 0.15) is 0 Å². The highest BCUT2D eigenvalue weighted by Gasteiger charge is 2.25. The molecule has 0 atom stereocenters. The number of hydrogen-bond donors (Lipinski definition) is 2. The fourth-order valence-electron chi connectivity index (χ4n) is 1.42. The maximum absolute atomic E-state index is 11.0. The number of rotatable bonds is 3. The monoisotopic (exact) mass is 173 g/mol. The topological polar surface area (TPSA) is 29.1 Å². The third-order valence-corrected chi connectivity index (χ3v) is 2.30. The van der Waals surface area contributed by atoms with E-state index < -0.39 is 0 Å². The van der Waals surface area contributed by atoms with Crippen LogP contribution in [0.5, 0.6) is 0 Å². The molecule has 1 amide bonds. The van der Waals surface area contributed by atoms with E-state index in [4.69, 9.17) is 0 Å². The lowest BCUT2D eigenvalue weighted by Gasteiger charge is -2.33. The van der Waals surface area contributed by atoms with Crippen LogP contribution in [0.15, 0.2) is 0 Å². The number of amides is 1. The van der Waals surface area contributed by atoms with Crippen LogP contribution < -0.4 is 5.32 Å². The van der Waals surface area contributed by atoms with Crippen LogP contribution in [-0.4, -0.2) is 17.7 Å². The summed E-state index contributed by atoms with van der Waals surface area (Å²) in [6.45, 7) is 2.21. The van der Waals surface area contributed by atoms with Gasteiger partial charge in [-0.3, -0.25) is 4.79 Å². The Kier molecular flexibility index (Phi) is 3.24. The Hall–Kier alpha value is -0.180. The lowest BCUT2D eigenvalue weighted by molar-refractivity contribution is -0.122. The average Bonchev–Trinajstić information content (AvgIpc) is 1.85. The number of thiol groups is 1. The summed E-state index contributed by atoms with van der Waals surface area (Å²) in [5.41, 5.74) is 0. The molecule has 0 aliphatic heterocycles. The van der Waals surface area contributed by atoms with E-state index in [9.17, 15) is 4.79 Å². The van der Waals surface area contributed by atoms with Gasteiger partial charge in [-0.2, -0.15) is 12.6 Å². The molecule has 3 heteroatoms. The van der Waals surface area contributed by atoms with E-state index in [1.807, 2.05) is 0 Å². The molecule has 11 heavy (non-hydrogen) atoms. The minimum atomic E-state index is 0.150. The molecule has 0 unspecified atom stereocenters. The molecule has 1 rings (SSSR count). The first-order valence-corrected chi connectivity index (χ1v) is 4.76. The van der Waals surface area contributed by atoms with Crippen LogP contribution in [0.2, 0.25) is 0 Å². The Morgan fingerprint density at radius 2 is 2.27 bits per heavy atom. The maximum atomic E-state index is 11.0. The fourth-order valence-corrected chi connectivity index (χ4v) is 1.62. The van der Waals surface area contributed by atoms with Crippen molar-refractivity contribution in [2.24, 2.45) is 5.92 Å². The van der Waals surface area contributed by atoms with Gasteiger partial charge in [-0.1, -0.05) is 6.92 Å². The SMILES string of the molecule is CC1CC(NC(=O)CCS)C1. The molecule has 1 aliphatic carbocycles. The predicted molar refractivity (Wildman–Crippen MR) is 48.8 cm³/mol. The van der Waals surface area contributed by atoms with E-state index in [0.717, 1.165) is 18.8 Å². The van der Waals surface area contributed by atoms with Crippen molar-refractivity contribution < 1.29 is 4.79 Å². The first-order chi connectivity index (χ1) is 5.22. The van der Waals surface area contributed by atoms with Gasteiger partial charge in [0, 0.05) is 12.5 Å². The molecule has 0 saturated heterocycles. The highest BCUT2D eigenvalue weighted by Crippen LogP contribution is 2.26. The van der Waals surface area contributed by atoms with Gasteiger partial charge in [0.2, 0.25) is 5.91 Å². The van der Waals surface area contributed by atoms with E-state index in [1.165, 1.54) is 0 Å². The third kappa shape index (κ3) is 2.73. The van der Waals surface area contributed by atoms with Crippen molar-refractivity contribution in [2.45, 2.75) is 32.2 Å². The molecule has 0 bridgehead atoms. The number of carbonyl (C=O) groups is 1. The molecular formula is C8H15NOS. The van der Waals surface area contributed by atoms with E-state index in [-0.39, 0.29) is 5.91 Å². The maximum Gasteiger partial charge on any atom is 0.221 e. The molecule has 0 aromatic carbocycles. The van der Waals surface area contributed by atoms with Crippen molar-refractivity contribution >= 4 is 18.5 Å². The second-order valence-electron chi connectivity index (χ2n) is 3.31. The van der Waals surface area contributed by atoms with Gasteiger partial charge in [-0.15, -0.1) is 0 Å². The minimum Gasteiger partial charge on any atom is -0.353 e. The van der Waals surface area contributed by atoms with E-state index >= 15 is 0 Å². The highest BCUT2D eigenvalue weighted by molar-refractivity contribution is 7.80. The minimum absolute atomic E-state index is 0.150. The summed E-state index contributed by atoms with van der Waals surface area (Å²) in [5, 5.41) is 2.96. The molecule has 1 aliphatic rings. The molecule has 1 saturated carbocycles. The van der Waals surface area contributed by atoms with Crippen molar-refractivity contribution in [3.63, 3.8) is 0 Å². The first kappa shape index (κ1) is 8.91. The molecule has 1 fully saturated rings. The summed E-state index contributed by atoms with van der Waals surface area (Å²) in [6.07, 6.45) is 2.85. The van der Waals surface area contributed by atoms with Crippen molar-refractivity contribution in [1.29, 1.82) is 0 Å². The quantitative estimate of drug-likeness (QED) is 0.617. The molecule has 0 spiro atoms. The molecule has 0 heterocycles. The predicted octanol–water partition coefficient (Wildman–Crippen LogP) is 1.22. The van der Waals surface area contributed by atoms with Crippen LogP contribution in [0.25, 0.3) is 0 Å². The molecule has 0 radical (unpaired) electrons. The van der Waals surface area contributed by atoms with E-state index in [1.54, 1.807) is 0 Å². The zero-order chi connectivity index (χ0) is 8.27. The van der Waals surface area contributed by atoms with Crippen molar-refractivity contribution in [2.75, 3.05) is 5.75 Å². The van der Waals surface area contributed by atoms with E-state index in [2.05, 4.69) is 24.9 Å². The summed E-state index contributed by atoms with van der Waals surface area (Å²) >= 11 is 3.99. The number of carbonyl (C=O) groups excluding carboxylic acids is 1. The summed E-state index contributed by atoms with van der Waals surface area (Å²) in [5.74, 6) is 1.60. The first-order valence-electron chi connectivity index (χ1n) is 4.12. The summed E-state index contributed by atoms with van der Waals surface area (Å²) in [6, 6.07) is 0.456. The largest absolute Gasteiger partial charge is 0.353 e. The zero-order valence-corrected chi connectivity index (χ0v) is 7.73. The Morgan fingerprint density at radius 1 is 1.64 bits per heavy atom. The second-order valence-corrected chi connectivity index (χ2v) is 3.76. The van der Waals surface area contributed by atoms with Crippen LogP contribution in [0.1, 0.15) is 26.2 Å². The summed E-state index contributed by atoms with van der Waals surface area (Å²) in [4.78, 5) is 11.0. The van der Waals surface area contributed by atoms with Gasteiger partial charge in [0.05, 0.1) is 0 Å². The standard InChI is InChI=1S/C8H15NOS/c1-6-4-7(5-6)9-8(10)2-3-11/h6-7,11H,2-5H2,1H3,(H,9,10). The summed E-state index contributed by atoms with van der Waals surface area (Å²) in [7, 11) is 0. The highest BCUT2D eigenvalue weighted by atomic mass is 32.1. The van der Waals surface area contributed by atoms with Crippen LogP contribution >= 0.6 is 12.6 Å². The number of hydrogen-bond acceptors (Lipinski definition) is 2. The van der Waals surface area contributed by atoms with E-state index in [0.29, 0.717) is 18.2 Å². The molecular weight excluding hydrogens is 158 g/mol. The van der Waals surface area contributed by atoms with Crippen LogP contribution in [-0.2, 0) is 4.79 Å². The Labute approximate surface area is 73.2 Å². The van der Waals surface area contributed by atoms with Gasteiger partial charge in [0.25, 0.3) is 0 Å². The Balaban J connectivity index is 2.07. The molecule has 0 aromatic rings. The van der Waals surface area contributed by atoms with Gasteiger partial charge in [-0.25, -0.2) is 0 Å². The lowest BCUT2D eigenvalue weighted by Crippen LogP contribution is -2.43. The Bertz CT molecular complexity index is 143. The zero-order valence-electron chi connectivity index (χ0n) is 6.84. The van der Waals surface area contributed by atoms with Gasteiger partial charge >= 0.3 is 0 Å². The molecule has 1 N–H and O–H groups in total. The van der Waals surface area contributed by atoms with Crippen LogP contribution in [0.4, 0.5) is 0 Å².